The summed E-state index contributed by atoms with van der Waals surface area (Å²) in [6.45, 7) is 2.33. The highest BCUT2D eigenvalue weighted by atomic mass is 32.2. The van der Waals surface area contributed by atoms with Gasteiger partial charge in [0.15, 0.2) is 0 Å². The number of nitrogens with one attached hydrogen (secondary N) is 1. The summed E-state index contributed by atoms with van der Waals surface area (Å²) in [5.41, 5.74) is 2.50. The smallest absolute Gasteiger partial charge is 0.0381 e. The van der Waals surface area contributed by atoms with E-state index in [-0.39, 0.29) is 0 Å². The van der Waals surface area contributed by atoms with E-state index in [1.807, 2.05) is 0 Å². The summed E-state index contributed by atoms with van der Waals surface area (Å²) in [6.07, 6.45) is 2.63. The van der Waals surface area contributed by atoms with Crippen LogP contribution in [0, 0.1) is 0 Å². The zero-order chi connectivity index (χ0) is 12.3. The average molecular weight is 250 g/mol. The van der Waals surface area contributed by atoms with Crippen LogP contribution in [0.5, 0.6) is 0 Å². The Hall–Kier alpha value is -0.830. The van der Waals surface area contributed by atoms with Crippen LogP contribution < -0.4 is 10.2 Å². The topological polar surface area (TPSA) is 15.3 Å². The van der Waals surface area contributed by atoms with Crippen molar-refractivity contribution in [2.75, 3.05) is 30.1 Å². The van der Waals surface area contributed by atoms with Crippen LogP contribution in [0.25, 0.3) is 0 Å². The van der Waals surface area contributed by atoms with Crippen LogP contribution in [0.3, 0.4) is 0 Å². The molecule has 0 saturated carbocycles. The van der Waals surface area contributed by atoms with Crippen molar-refractivity contribution in [1.82, 2.24) is 0 Å². The van der Waals surface area contributed by atoms with Gasteiger partial charge in [0.25, 0.3) is 0 Å². The van der Waals surface area contributed by atoms with E-state index in [2.05, 4.69) is 67.3 Å². The van der Waals surface area contributed by atoms with Gasteiger partial charge in [-0.3, -0.25) is 0 Å². The van der Waals surface area contributed by atoms with Gasteiger partial charge in [-0.1, -0.05) is 13.0 Å². The molecular formula is C14H22N2S. The van der Waals surface area contributed by atoms with Gasteiger partial charge >= 0.3 is 0 Å². The lowest BCUT2D eigenvalue weighted by atomic mass is 10.1. The molecule has 2 unspecified atom stereocenters. The number of rotatable bonds is 3. The van der Waals surface area contributed by atoms with E-state index in [0.717, 1.165) is 0 Å². The Kier molecular flexibility index (Phi) is 4.21. The third-order valence-corrected chi connectivity index (χ3v) is 4.70. The summed E-state index contributed by atoms with van der Waals surface area (Å²) in [6, 6.07) is 9.28. The van der Waals surface area contributed by atoms with Gasteiger partial charge in [-0.05, 0) is 36.8 Å². The number of benzene rings is 1. The lowest BCUT2D eigenvalue weighted by Crippen LogP contribution is -2.32. The third kappa shape index (κ3) is 3.32. The molecule has 0 spiro atoms. The van der Waals surface area contributed by atoms with Crippen LogP contribution in [0.4, 0.5) is 11.4 Å². The SMILES string of the molecule is CC1SCCCC1Nc1cccc(N(C)C)c1. The maximum absolute atomic E-state index is 3.68. The van der Waals surface area contributed by atoms with Crippen LogP contribution in [-0.4, -0.2) is 31.1 Å². The van der Waals surface area contributed by atoms with E-state index >= 15 is 0 Å². The van der Waals surface area contributed by atoms with Crippen LogP contribution in [-0.2, 0) is 0 Å². The number of anilines is 2. The second kappa shape index (κ2) is 5.67. The Labute approximate surface area is 109 Å². The monoisotopic (exact) mass is 250 g/mol. The molecule has 0 aliphatic carbocycles. The van der Waals surface area contributed by atoms with Gasteiger partial charge in [-0.25, -0.2) is 0 Å². The summed E-state index contributed by atoms with van der Waals surface area (Å²) >= 11 is 2.08. The highest BCUT2D eigenvalue weighted by Gasteiger charge is 2.21. The van der Waals surface area contributed by atoms with Gasteiger partial charge in [0.05, 0.1) is 0 Å². The van der Waals surface area contributed by atoms with Crippen molar-refractivity contribution in [2.45, 2.75) is 31.1 Å². The Balaban J connectivity index is 2.04. The number of hydrogen-bond donors (Lipinski definition) is 1. The lowest BCUT2D eigenvalue weighted by molar-refractivity contribution is 0.617. The van der Waals surface area contributed by atoms with Gasteiger partial charge in [-0.15, -0.1) is 0 Å². The molecule has 0 radical (unpaired) electrons. The summed E-state index contributed by atoms with van der Waals surface area (Å²) < 4.78 is 0. The summed E-state index contributed by atoms with van der Waals surface area (Å²) in [7, 11) is 4.16. The predicted molar refractivity (Wildman–Crippen MR) is 79.3 cm³/mol. The molecule has 1 aromatic carbocycles. The van der Waals surface area contributed by atoms with Gasteiger partial charge in [0, 0.05) is 36.8 Å². The highest BCUT2D eigenvalue weighted by Crippen LogP contribution is 2.28. The van der Waals surface area contributed by atoms with Crippen molar-refractivity contribution < 1.29 is 0 Å². The average Bonchev–Trinajstić information content (AvgIpc) is 2.32. The number of nitrogens with zero attached hydrogens (tertiary/aromatic N) is 1. The number of hydrogen-bond acceptors (Lipinski definition) is 3. The molecule has 1 fully saturated rings. The molecule has 0 amide bonds. The maximum Gasteiger partial charge on any atom is 0.0381 e. The molecule has 2 rings (SSSR count). The molecule has 17 heavy (non-hydrogen) atoms. The first kappa shape index (κ1) is 12.6. The predicted octanol–water partition coefficient (Wildman–Crippen LogP) is 3.45. The molecular weight excluding hydrogens is 228 g/mol. The summed E-state index contributed by atoms with van der Waals surface area (Å²) in [4.78, 5) is 2.14. The highest BCUT2D eigenvalue weighted by molar-refractivity contribution is 8.00. The standard InChI is InChI=1S/C14H22N2S/c1-11-14(8-5-9-17-11)15-12-6-4-7-13(10-12)16(2)3/h4,6-7,10-11,14-15H,5,8-9H2,1-3H3. The zero-order valence-corrected chi connectivity index (χ0v) is 11.8. The normalized spacial score (nSPS) is 24.4. The molecule has 0 aromatic heterocycles. The molecule has 1 aromatic rings. The van der Waals surface area contributed by atoms with Crippen LogP contribution in [0.1, 0.15) is 19.8 Å². The van der Waals surface area contributed by atoms with Gasteiger partial charge < -0.3 is 10.2 Å². The third-order valence-electron chi connectivity index (χ3n) is 3.32. The van der Waals surface area contributed by atoms with E-state index in [1.54, 1.807) is 0 Å². The molecule has 0 bridgehead atoms. The van der Waals surface area contributed by atoms with Crippen molar-refractivity contribution in [1.29, 1.82) is 0 Å². The minimum atomic E-state index is 0.617. The van der Waals surface area contributed by atoms with E-state index in [4.69, 9.17) is 0 Å². The quantitative estimate of drug-likeness (QED) is 0.884. The van der Waals surface area contributed by atoms with Crippen molar-refractivity contribution in [3.05, 3.63) is 24.3 Å². The van der Waals surface area contributed by atoms with Gasteiger partial charge in [-0.2, -0.15) is 11.8 Å². The van der Waals surface area contributed by atoms with E-state index in [0.29, 0.717) is 11.3 Å². The first-order valence-corrected chi connectivity index (χ1v) is 7.37. The minimum Gasteiger partial charge on any atom is -0.381 e. The van der Waals surface area contributed by atoms with E-state index < -0.39 is 0 Å². The fourth-order valence-electron chi connectivity index (χ4n) is 2.20. The van der Waals surface area contributed by atoms with Crippen molar-refractivity contribution in [3.63, 3.8) is 0 Å². The molecule has 1 N–H and O–H groups in total. The van der Waals surface area contributed by atoms with Crippen LogP contribution in [0.2, 0.25) is 0 Å². The van der Waals surface area contributed by atoms with Gasteiger partial charge in [0.1, 0.15) is 0 Å². The second-order valence-electron chi connectivity index (χ2n) is 4.91. The molecule has 3 heteroatoms. The summed E-state index contributed by atoms with van der Waals surface area (Å²) in [5, 5.41) is 4.39. The van der Waals surface area contributed by atoms with E-state index in [9.17, 15) is 0 Å². The first-order valence-electron chi connectivity index (χ1n) is 6.32. The Bertz CT molecular complexity index is 365. The fraction of sp³-hybridized carbons (Fsp3) is 0.571. The van der Waals surface area contributed by atoms with E-state index in [1.165, 1.54) is 30.0 Å². The van der Waals surface area contributed by atoms with Gasteiger partial charge in [0.2, 0.25) is 0 Å². The molecule has 2 nitrogen and oxygen atoms in total. The second-order valence-corrected chi connectivity index (χ2v) is 6.40. The Morgan fingerprint density at radius 1 is 1.35 bits per heavy atom. The first-order chi connectivity index (χ1) is 8.16. The largest absolute Gasteiger partial charge is 0.381 e. The number of thioether (sulfide) groups is 1. The lowest BCUT2D eigenvalue weighted by Gasteiger charge is -2.30. The minimum absolute atomic E-state index is 0.617. The van der Waals surface area contributed by atoms with Crippen molar-refractivity contribution in [3.8, 4) is 0 Å². The Morgan fingerprint density at radius 2 is 2.18 bits per heavy atom. The molecule has 1 aliphatic rings. The zero-order valence-electron chi connectivity index (χ0n) is 10.9. The van der Waals surface area contributed by atoms with Crippen molar-refractivity contribution in [2.24, 2.45) is 0 Å². The molecule has 2 atom stereocenters. The van der Waals surface area contributed by atoms with Crippen molar-refractivity contribution >= 4 is 23.1 Å². The maximum atomic E-state index is 3.68. The van der Waals surface area contributed by atoms with Crippen LogP contribution >= 0.6 is 11.8 Å². The Morgan fingerprint density at radius 3 is 2.88 bits per heavy atom. The van der Waals surface area contributed by atoms with Crippen LogP contribution in [0.15, 0.2) is 24.3 Å². The molecule has 1 heterocycles. The molecule has 94 valence electrons. The summed E-state index contributed by atoms with van der Waals surface area (Å²) in [5.74, 6) is 1.32. The fourth-order valence-corrected chi connectivity index (χ4v) is 3.34. The molecule has 1 aliphatic heterocycles. The molecule has 1 saturated heterocycles.